The van der Waals surface area contributed by atoms with Crippen LogP contribution in [0.5, 0.6) is 5.75 Å². The number of halogens is 2. The highest BCUT2D eigenvalue weighted by Crippen LogP contribution is 2.34. The zero-order chi connectivity index (χ0) is 12.3. The Morgan fingerprint density at radius 1 is 1.24 bits per heavy atom. The third-order valence-corrected chi connectivity index (χ3v) is 3.52. The molecule has 0 aliphatic carbocycles. The van der Waals surface area contributed by atoms with E-state index in [1.807, 2.05) is 24.3 Å². The molecule has 2 rings (SSSR count). The number of rotatable bonds is 4. The number of benzene rings is 2. The molecule has 17 heavy (non-hydrogen) atoms. The molecule has 0 saturated carbocycles. The van der Waals surface area contributed by atoms with Gasteiger partial charge in [0.2, 0.25) is 0 Å². The molecule has 0 heterocycles. The Hall–Kier alpha value is -0.730. The van der Waals surface area contributed by atoms with Crippen molar-refractivity contribution >= 4 is 38.3 Å². The van der Waals surface area contributed by atoms with E-state index < -0.39 is 0 Å². The summed E-state index contributed by atoms with van der Waals surface area (Å²) in [4.78, 5) is 0. The van der Waals surface area contributed by atoms with E-state index >= 15 is 0 Å². The maximum atomic E-state index is 6.33. The van der Waals surface area contributed by atoms with Crippen LogP contribution in [0.15, 0.2) is 34.8 Å². The molecule has 0 bridgehead atoms. The highest BCUT2D eigenvalue weighted by Gasteiger charge is 2.06. The van der Waals surface area contributed by atoms with Crippen molar-refractivity contribution in [3.05, 3.63) is 39.8 Å². The minimum absolute atomic E-state index is 0.700. The molecule has 0 aliphatic rings. The largest absolute Gasteiger partial charge is 0.492 e. The van der Waals surface area contributed by atoms with Crippen LogP contribution < -0.4 is 4.74 Å². The Morgan fingerprint density at radius 3 is 2.82 bits per heavy atom. The summed E-state index contributed by atoms with van der Waals surface area (Å²) in [6.07, 6.45) is 2.17. The van der Waals surface area contributed by atoms with Crippen molar-refractivity contribution in [3.63, 3.8) is 0 Å². The van der Waals surface area contributed by atoms with Crippen molar-refractivity contribution in [1.82, 2.24) is 0 Å². The maximum Gasteiger partial charge on any atom is 0.138 e. The summed E-state index contributed by atoms with van der Waals surface area (Å²) >= 11 is 9.78. The average Bonchev–Trinajstić information content (AvgIpc) is 2.32. The Morgan fingerprint density at radius 2 is 2.06 bits per heavy atom. The summed E-state index contributed by atoms with van der Waals surface area (Å²) < 4.78 is 6.73. The van der Waals surface area contributed by atoms with Crippen LogP contribution in [-0.2, 0) is 0 Å². The van der Waals surface area contributed by atoms with Gasteiger partial charge in [0.15, 0.2) is 0 Å². The molecule has 0 saturated heterocycles. The Bertz CT molecular complexity index is 525. The van der Waals surface area contributed by atoms with Crippen LogP contribution in [0.1, 0.15) is 19.8 Å². The number of hydrogen-bond acceptors (Lipinski definition) is 1. The summed E-state index contributed by atoms with van der Waals surface area (Å²) in [5, 5.41) is 2.85. The van der Waals surface area contributed by atoms with Crippen molar-refractivity contribution in [2.75, 3.05) is 6.61 Å². The average molecular weight is 314 g/mol. The molecule has 2 aromatic carbocycles. The van der Waals surface area contributed by atoms with E-state index in [2.05, 4.69) is 28.9 Å². The van der Waals surface area contributed by atoms with Gasteiger partial charge in [-0.1, -0.05) is 53.0 Å². The highest BCUT2D eigenvalue weighted by molar-refractivity contribution is 9.10. The maximum absolute atomic E-state index is 6.33. The first-order valence-electron chi connectivity index (χ1n) is 5.73. The van der Waals surface area contributed by atoms with Gasteiger partial charge in [-0.25, -0.2) is 0 Å². The van der Waals surface area contributed by atoms with Gasteiger partial charge >= 0.3 is 0 Å². The highest BCUT2D eigenvalue weighted by atomic mass is 79.9. The number of fused-ring (bicyclic) bond motifs is 1. The molecule has 3 heteroatoms. The molecular formula is C14H14BrClO. The lowest BCUT2D eigenvalue weighted by molar-refractivity contribution is 0.310. The zero-order valence-electron chi connectivity index (χ0n) is 9.67. The van der Waals surface area contributed by atoms with Crippen molar-refractivity contribution in [2.24, 2.45) is 0 Å². The summed E-state index contributed by atoms with van der Waals surface area (Å²) in [7, 11) is 0. The molecule has 2 aromatic rings. The first-order valence-corrected chi connectivity index (χ1v) is 6.90. The van der Waals surface area contributed by atoms with E-state index in [9.17, 15) is 0 Å². The van der Waals surface area contributed by atoms with Crippen molar-refractivity contribution < 1.29 is 4.74 Å². The molecule has 90 valence electrons. The predicted molar refractivity (Wildman–Crippen MR) is 77.1 cm³/mol. The summed E-state index contributed by atoms with van der Waals surface area (Å²) in [6, 6.07) is 10.0. The van der Waals surface area contributed by atoms with Gasteiger partial charge in [0.1, 0.15) is 5.75 Å². The summed E-state index contributed by atoms with van der Waals surface area (Å²) in [6.45, 7) is 2.86. The zero-order valence-corrected chi connectivity index (χ0v) is 12.0. The molecule has 0 aromatic heterocycles. The van der Waals surface area contributed by atoms with E-state index in [0.717, 1.165) is 40.4 Å². The predicted octanol–water partition coefficient (Wildman–Crippen LogP) is 5.43. The van der Waals surface area contributed by atoms with Crippen LogP contribution in [0.3, 0.4) is 0 Å². The monoisotopic (exact) mass is 312 g/mol. The number of unbranched alkanes of at least 4 members (excludes halogenated alkanes) is 1. The van der Waals surface area contributed by atoms with E-state index in [1.165, 1.54) is 0 Å². The number of ether oxygens (including phenoxy) is 1. The van der Waals surface area contributed by atoms with Crippen molar-refractivity contribution in [2.45, 2.75) is 19.8 Å². The molecule has 0 spiro atoms. The lowest BCUT2D eigenvalue weighted by atomic mass is 10.1. The van der Waals surface area contributed by atoms with Crippen molar-refractivity contribution in [3.8, 4) is 5.75 Å². The fourth-order valence-corrected chi connectivity index (χ4v) is 2.35. The Balaban J connectivity index is 2.33. The molecule has 0 atom stereocenters. The van der Waals surface area contributed by atoms with Gasteiger partial charge in [-0.05, 0) is 30.0 Å². The first-order chi connectivity index (χ1) is 8.22. The molecule has 0 amide bonds. The topological polar surface area (TPSA) is 9.23 Å². The lowest BCUT2D eigenvalue weighted by Crippen LogP contribution is -1.97. The van der Waals surface area contributed by atoms with Gasteiger partial charge in [0, 0.05) is 9.86 Å². The molecular weight excluding hydrogens is 300 g/mol. The van der Waals surface area contributed by atoms with Gasteiger partial charge in [0.05, 0.1) is 11.6 Å². The smallest absolute Gasteiger partial charge is 0.138 e. The first kappa shape index (κ1) is 12.7. The van der Waals surface area contributed by atoms with Crippen LogP contribution in [0.2, 0.25) is 5.02 Å². The van der Waals surface area contributed by atoms with Crippen LogP contribution in [0.25, 0.3) is 10.8 Å². The number of hydrogen-bond donors (Lipinski definition) is 0. The van der Waals surface area contributed by atoms with E-state index in [1.54, 1.807) is 0 Å². The van der Waals surface area contributed by atoms with Gasteiger partial charge in [0.25, 0.3) is 0 Å². The van der Waals surface area contributed by atoms with Gasteiger partial charge < -0.3 is 4.74 Å². The fourth-order valence-electron chi connectivity index (χ4n) is 1.68. The molecule has 0 radical (unpaired) electrons. The molecule has 0 N–H and O–H groups in total. The SMILES string of the molecule is CCCCOc1ccc2cc(Br)ccc2c1Cl. The Kier molecular flexibility index (Phi) is 4.30. The molecule has 0 fully saturated rings. The fraction of sp³-hybridized carbons (Fsp3) is 0.286. The second kappa shape index (κ2) is 5.74. The minimum Gasteiger partial charge on any atom is -0.492 e. The Labute approximate surface area is 115 Å². The van der Waals surface area contributed by atoms with Crippen molar-refractivity contribution in [1.29, 1.82) is 0 Å². The second-order valence-corrected chi connectivity index (χ2v) is 5.24. The van der Waals surface area contributed by atoms with Gasteiger partial charge in [-0.3, -0.25) is 0 Å². The van der Waals surface area contributed by atoms with Gasteiger partial charge in [-0.15, -0.1) is 0 Å². The van der Waals surface area contributed by atoms with E-state index in [0.29, 0.717) is 5.02 Å². The lowest BCUT2D eigenvalue weighted by Gasteiger charge is -2.09. The van der Waals surface area contributed by atoms with Crippen LogP contribution in [0.4, 0.5) is 0 Å². The molecule has 0 unspecified atom stereocenters. The quantitative estimate of drug-likeness (QED) is 0.683. The van der Waals surface area contributed by atoms with Crippen LogP contribution in [-0.4, -0.2) is 6.61 Å². The van der Waals surface area contributed by atoms with Crippen LogP contribution in [0, 0.1) is 0 Å². The molecule has 0 aliphatic heterocycles. The third kappa shape index (κ3) is 2.93. The van der Waals surface area contributed by atoms with Crippen LogP contribution >= 0.6 is 27.5 Å². The summed E-state index contributed by atoms with van der Waals surface area (Å²) in [5.41, 5.74) is 0. The van der Waals surface area contributed by atoms with E-state index in [-0.39, 0.29) is 0 Å². The standard InChI is InChI=1S/C14H14BrClO/c1-2-3-8-17-13-7-4-10-9-11(15)5-6-12(10)14(13)16/h4-7,9H,2-3,8H2,1H3. The molecule has 1 nitrogen and oxygen atoms in total. The minimum atomic E-state index is 0.700. The summed E-state index contributed by atoms with van der Waals surface area (Å²) in [5.74, 6) is 0.773. The normalized spacial score (nSPS) is 10.8. The van der Waals surface area contributed by atoms with E-state index in [4.69, 9.17) is 16.3 Å². The second-order valence-electron chi connectivity index (χ2n) is 3.95. The third-order valence-electron chi connectivity index (χ3n) is 2.64. The van der Waals surface area contributed by atoms with Gasteiger partial charge in [-0.2, -0.15) is 0 Å².